The number of hydrogen-bond acceptors (Lipinski definition) is 11. The lowest BCUT2D eigenvalue weighted by Gasteiger charge is -2.33. The molecule has 1 unspecified atom stereocenters. The molecule has 1 aliphatic carbocycles. The number of benzene rings is 1. The van der Waals surface area contributed by atoms with Gasteiger partial charge in [0.05, 0.1) is 24.4 Å². The Balaban J connectivity index is 1.04. The molecule has 0 radical (unpaired) electrons. The highest BCUT2D eigenvalue weighted by Crippen LogP contribution is 2.25. The van der Waals surface area contributed by atoms with Crippen molar-refractivity contribution in [1.82, 2.24) is 45.8 Å². The first-order chi connectivity index (χ1) is 22.6. The number of nitrogens with one attached hydrogen (secondary N) is 5. The van der Waals surface area contributed by atoms with Crippen LogP contribution in [0, 0.1) is 0 Å². The van der Waals surface area contributed by atoms with Gasteiger partial charge in [0, 0.05) is 63.2 Å². The zero-order valence-corrected chi connectivity index (χ0v) is 27.4. The van der Waals surface area contributed by atoms with E-state index in [1.165, 1.54) is 32.1 Å². The SMILES string of the molecule is CCNCCC(=O)N1CCC(Nc2nc(NCc3cn(CCCNCC(O)CNC4CCCCC4)nn3)nc3ccccc23)CC1. The van der Waals surface area contributed by atoms with E-state index in [9.17, 15) is 9.90 Å². The van der Waals surface area contributed by atoms with Crippen LogP contribution in [0.1, 0.15) is 70.4 Å². The molecule has 13 nitrogen and oxygen atoms in total. The van der Waals surface area contributed by atoms with E-state index in [2.05, 4.69) is 43.8 Å². The lowest BCUT2D eigenvalue weighted by Crippen LogP contribution is -2.43. The number of para-hydroxylation sites is 1. The topological polar surface area (TPSA) is 157 Å². The van der Waals surface area contributed by atoms with Crippen LogP contribution in [0.2, 0.25) is 0 Å². The van der Waals surface area contributed by atoms with Crippen LogP contribution in [0.4, 0.5) is 11.8 Å². The molecule has 46 heavy (non-hydrogen) atoms. The summed E-state index contributed by atoms with van der Waals surface area (Å²) in [5.41, 5.74) is 1.68. The van der Waals surface area contributed by atoms with Gasteiger partial charge < -0.3 is 36.6 Å². The molecule has 2 aromatic heterocycles. The van der Waals surface area contributed by atoms with Gasteiger partial charge >= 0.3 is 0 Å². The van der Waals surface area contributed by atoms with E-state index in [0.717, 1.165) is 80.9 Å². The molecule has 1 aromatic carbocycles. The Kier molecular flexibility index (Phi) is 13.3. The normalized spacial score (nSPS) is 17.0. The molecule has 6 N–H and O–H groups in total. The first-order valence-electron chi connectivity index (χ1n) is 17.3. The first-order valence-corrected chi connectivity index (χ1v) is 17.3. The summed E-state index contributed by atoms with van der Waals surface area (Å²) in [5.74, 6) is 1.56. The Hall–Kier alpha value is -3.39. The van der Waals surface area contributed by atoms with Crippen molar-refractivity contribution in [1.29, 1.82) is 0 Å². The minimum atomic E-state index is -0.374. The largest absolute Gasteiger partial charge is 0.390 e. The number of aliphatic hydroxyl groups is 1. The quantitative estimate of drug-likeness (QED) is 0.114. The van der Waals surface area contributed by atoms with E-state index >= 15 is 0 Å². The van der Waals surface area contributed by atoms with Gasteiger partial charge in [0.25, 0.3) is 0 Å². The first kappa shape index (κ1) is 34.0. The van der Waals surface area contributed by atoms with E-state index in [-0.39, 0.29) is 18.1 Å². The molecule has 2 aliphatic rings. The number of nitrogens with zero attached hydrogens (tertiary/aromatic N) is 6. The molecule has 252 valence electrons. The van der Waals surface area contributed by atoms with Crippen LogP contribution in [0.5, 0.6) is 0 Å². The molecule has 1 saturated heterocycles. The highest BCUT2D eigenvalue weighted by Gasteiger charge is 2.23. The molecule has 1 saturated carbocycles. The van der Waals surface area contributed by atoms with Crippen LogP contribution in [-0.4, -0.2) is 105 Å². The molecule has 1 amide bonds. The average molecular weight is 636 g/mol. The zero-order chi connectivity index (χ0) is 32.0. The summed E-state index contributed by atoms with van der Waals surface area (Å²) in [5, 5.41) is 36.9. The molecule has 1 atom stereocenters. The van der Waals surface area contributed by atoms with Crippen molar-refractivity contribution < 1.29 is 9.90 Å². The number of carbonyl (C=O) groups is 1. The second-order valence-electron chi connectivity index (χ2n) is 12.6. The fourth-order valence-electron chi connectivity index (χ4n) is 6.28. The maximum atomic E-state index is 12.5. The minimum absolute atomic E-state index is 0.222. The number of hydrogen-bond donors (Lipinski definition) is 6. The number of amides is 1. The van der Waals surface area contributed by atoms with Crippen LogP contribution in [0.3, 0.4) is 0 Å². The summed E-state index contributed by atoms with van der Waals surface area (Å²) in [6, 6.07) is 8.82. The highest BCUT2D eigenvalue weighted by atomic mass is 16.3. The number of aryl methyl sites for hydroxylation is 1. The van der Waals surface area contributed by atoms with Gasteiger partial charge in [-0.25, -0.2) is 4.98 Å². The van der Waals surface area contributed by atoms with Crippen molar-refractivity contribution in [2.24, 2.45) is 0 Å². The highest BCUT2D eigenvalue weighted by molar-refractivity contribution is 5.90. The Morgan fingerprint density at radius 3 is 2.65 bits per heavy atom. The number of likely N-dealkylation sites (tertiary alicyclic amines) is 1. The Labute approximate surface area is 272 Å². The maximum absolute atomic E-state index is 12.5. The Morgan fingerprint density at radius 1 is 1.00 bits per heavy atom. The summed E-state index contributed by atoms with van der Waals surface area (Å²) >= 11 is 0. The van der Waals surface area contributed by atoms with Gasteiger partial charge in [0.15, 0.2) is 0 Å². The lowest BCUT2D eigenvalue weighted by molar-refractivity contribution is -0.132. The van der Waals surface area contributed by atoms with Gasteiger partial charge in [0.2, 0.25) is 11.9 Å². The third-order valence-electron chi connectivity index (χ3n) is 8.94. The standard InChI is InChI=1S/C33H53N11O2/c1-2-34-17-13-31(46)43-19-14-26(15-20-43)38-32-29-11-6-7-12-30(29)39-33(40-32)37-21-27-24-44(42-41-27)18-8-16-35-22-28(45)23-36-25-9-4-3-5-10-25/h6-7,11-12,24-26,28,34-36,45H,2-5,8-10,13-23H2,1H3,(H2,37,38,39,40). The van der Waals surface area contributed by atoms with E-state index < -0.39 is 0 Å². The van der Waals surface area contributed by atoms with Crippen LogP contribution >= 0.6 is 0 Å². The third-order valence-corrected chi connectivity index (χ3v) is 8.94. The second-order valence-corrected chi connectivity index (χ2v) is 12.6. The predicted octanol–water partition coefficient (Wildman–Crippen LogP) is 2.50. The van der Waals surface area contributed by atoms with E-state index in [4.69, 9.17) is 9.97 Å². The van der Waals surface area contributed by atoms with Crippen LogP contribution < -0.4 is 26.6 Å². The minimum Gasteiger partial charge on any atom is -0.390 e. The predicted molar refractivity (Wildman–Crippen MR) is 182 cm³/mol. The van der Waals surface area contributed by atoms with Crippen LogP contribution in [-0.2, 0) is 17.9 Å². The summed E-state index contributed by atoms with van der Waals surface area (Å²) in [7, 11) is 0. The molecule has 1 aliphatic heterocycles. The van der Waals surface area contributed by atoms with E-state index in [0.29, 0.717) is 38.0 Å². The van der Waals surface area contributed by atoms with Crippen molar-refractivity contribution in [2.75, 3.05) is 56.4 Å². The van der Waals surface area contributed by atoms with Gasteiger partial charge in [0.1, 0.15) is 11.5 Å². The van der Waals surface area contributed by atoms with Gasteiger partial charge in [-0.1, -0.05) is 43.5 Å². The molecule has 0 spiro atoms. The molecular weight excluding hydrogens is 582 g/mol. The summed E-state index contributed by atoms with van der Waals surface area (Å²) < 4.78 is 1.85. The number of piperidine rings is 1. The number of aromatic nitrogens is 5. The third kappa shape index (κ3) is 10.6. The van der Waals surface area contributed by atoms with Crippen molar-refractivity contribution in [3.05, 3.63) is 36.2 Å². The second kappa shape index (κ2) is 18.1. The summed E-state index contributed by atoms with van der Waals surface area (Å²) in [6.07, 6.45) is 11.2. The summed E-state index contributed by atoms with van der Waals surface area (Å²) in [6.45, 7) is 8.42. The summed E-state index contributed by atoms with van der Waals surface area (Å²) in [4.78, 5) is 24.1. The molecule has 3 heterocycles. The zero-order valence-electron chi connectivity index (χ0n) is 27.4. The van der Waals surface area contributed by atoms with Gasteiger partial charge in [-0.3, -0.25) is 9.48 Å². The van der Waals surface area contributed by atoms with Crippen molar-refractivity contribution in [3.8, 4) is 0 Å². The van der Waals surface area contributed by atoms with E-state index in [1.54, 1.807) is 0 Å². The van der Waals surface area contributed by atoms with Crippen molar-refractivity contribution >= 4 is 28.6 Å². The molecule has 0 bridgehead atoms. The van der Waals surface area contributed by atoms with Crippen molar-refractivity contribution in [2.45, 2.75) is 96.0 Å². The van der Waals surface area contributed by atoms with Crippen molar-refractivity contribution in [3.63, 3.8) is 0 Å². The van der Waals surface area contributed by atoms with Crippen LogP contribution in [0.25, 0.3) is 10.9 Å². The molecule has 2 fully saturated rings. The fraction of sp³-hybridized carbons (Fsp3) is 0.667. The Bertz CT molecular complexity index is 1340. The molecule has 13 heteroatoms. The number of aliphatic hydroxyl groups excluding tert-OH is 1. The molecule has 3 aromatic rings. The Morgan fingerprint density at radius 2 is 1.83 bits per heavy atom. The average Bonchev–Trinajstić information content (AvgIpc) is 3.55. The lowest BCUT2D eigenvalue weighted by atomic mass is 9.95. The number of fused-ring (bicyclic) bond motifs is 1. The van der Waals surface area contributed by atoms with Gasteiger partial charge in [-0.05, 0) is 57.3 Å². The number of anilines is 2. The monoisotopic (exact) mass is 635 g/mol. The van der Waals surface area contributed by atoms with Crippen LogP contribution in [0.15, 0.2) is 30.5 Å². The number of carbonyl (C=O) groups excluding carboxylic acids is 1. The van der Waals surface area contributed by atoms with Gasteiger partial charge in [-0.2, -0.15) is 4.98 Å². The molecule has 5 rings (SSSR count). The number of rotatable bonds is 18. The van der Waals surface area contributed by atoms with Gasteiger partial charge in [-0.15, -0.1) is 5.10 Å². The fourth-order valence-corrected chi connectivity index (χ4v) is 6.28. The smallest absolute Gasteiger partial charge is 0.225 e. The molecular formula is C33H53N11O2. The maximum Gasteiger partial charge on any atom is 0.225 e. The van der Waals surface area contributed by atoms with E-state index in [1.807, 2.05) is 40.0 Å².